The van der Waals surface area contributed by atoms with Gasteiger partial charge < -0.3 is 10.3 Å². The molecule has 32 heavy (non-hydrogen) atoms. The van der Waals surface area contributed by atoms with Gasteiger partial charge in [0.1, 0.15) is 11.3 Å². The number of hydrogen-bond donors (Lipinski definition) is 2. The van der Waals surface area contributed by atoms with Gasteiger partial charge in [0.05, 0.1) is 22.4 Å². The van der Waals surface area contributed by atoms with Gasteiger partial charge in [-0.25, -0.2) is 9.97 Å². The van der Waals surface area contributed by atoms with Gasteiger partial charge in [-0.2, -0.15) is 0 Å². The van der Waals surface area contributed by atoms with Crippen LogP contribution in [0.2, 0.25) is 5.02 Å². The average Bonchev–Trinajstić information content (AvgIpc) is 3.17. The normalized spacial score (nSPS) is 11.2. The molecule has 0 aliphatic heterocycles. The van der Waals surface area contributed by atoms with E-state index in [9.17, 15) is 4.79 Å². The molecular formula is C24H19ClN6O. The molecule has 158 valence electrons. The number of H-pyrrole nitrogens is 1. The summed E-state index contributed by atoms with van der Waals surface area (Å²) in [6.07, 6.45) is 8.98. The molecule has 0 atom stereocenters. The number of amides is 1. The van der Waals surface area contributed by atoms with Crippen LogP contribution in [0.3, 0.4) is 0 Å². The largest absolute Gasteiger partial charge is 0.347 e. The monoisotopic (exact) mass is 442 g/mol. The van der Waals surface area contributed by atoms with Crippen LogP contribution in [0, 0.1) is 6.92 Å². The van der Waals surface area contributed by atoms with Crippen LogP contribution in [0.15, 0.2) is 61.3 Å². The number of hydrogen-bond acceptors (Lipinski definition) is 5. The summed E-state index contributed by atoms with van der Waals surface area (Å²) in [6, 6.07) is 10.1. The van der Waals surface area contributed by atoms with E-state index >= 15 is 0 Å². The summed E-state index contributed by atoms with van der Waals surface area (Å²) >= 11 is 6.15. The van der Waals surface area contributed by atoms with E-state index in [2.05, 4.69) is 42.4 Å². The number of pyridine rings is 2. The lowest BCUT2D eigenvalue weighted by molar-refractivity contribution is 0.0945. The van der Waals surface area contributed by atoms with E-state index in [0.29, 0.717) is 23.6 Å². The third kappa shape index (κ3) is 4.15. The van der Waals surface area contributed by atoms with Crippen molar-refractivity contribution in [3.05, 3.63) is 94.4 Å². The average molecular weight is 443 g/mol. The summed E-state index contributed by atoms with van der Waals surface area (Å²) in [6.45, 7) is 2.33. The SMILES string of the molecule is Cc1cnc2ccc(Cc3cncc(C(=O)NCc4cnc5[nH]cc(Cl)c5c4)n3)cc2c1. The van der Waals surface area contributed by atoms with Crippen LogP contribution in [0.5, 0.6) is 0 Å². The fraction of sp³-hybridized carbons (Fsp3) is 0.125. The highest BCUT2D eigenvalue weighted by molar-refractivity contribution is 6.35. The van der Waals surface area contributed by atoms with Crippen molar-refractivity contribution in [2.24, 2.45) is 0 Å². The molecule has 0 bridgehead atoms. The second-order valence-electron chi connectivity index (χ2n) is 7.67. The molecule has 4 aromatic heterocycles. The zero-order valence-corrected chi connectivity index (χ0v) is 18.0. The van der Waals surface area contributed by atoms with Gasteiger partial charge in [-0.15, -0.1) is 0 Å². The fourth-order valence-electron chi connectivity index (χ4n) is 3.60. The predicted octanol–water partition coefficient (Wildman–Crippen LogP) is 4.38. The Balaban J connectivity index is 1.29. The Morgan fingerprint density at radius 3 is 2.88 bits per heavy atom. The number of halogens is 1. The van der Waals surface area contributed by atoms with Gasteiger partial charge in [-0.3, -0.25) is 14.8 Å². The highest BCUT2D eigenvalue weighted by atomic mass is 35.5. The number of nitrogens with one attached hydrogen (secondary N) is 2. The van der Waals surface area contributed by atoms with E-state index < -0.39 is 0 Å². The van der Waals surface area contributed by atoms with Crippen molar-refractivity contribution >= 4 is 39.4 Å². The van der Waals surface area contributed by atoms with Crippen molar-refractivity contribution in [3.63, 3.8) is 0 Å². The van der Waals surface area contributed by atoms with Crippen LogP contribution >= 0.6 is 11.6 Å². The van der Waals surface area contributed by atoms with E-state index in [1.807, 2.05) is 31.3 Å². The molecule has 0 saturated carbocycles. The number of fused-ring (bicyclic) bond motifs is 2. The number of carbonyl (C=O) groups is 1. The number of nitrogens with zero attached hydrogens (tertiary/aromatic N) is 4. The number of carbonyl (C=O) groups excluding carboxylic acids is 1. The number of aromatic nitrogens is 5. The van der Waals surface area contributed by atoms with Crippen molar-refractivity contribution in [2.45, 2.75) is 19.9 Å². The second-order valence-corrected chi connectivity index (χ2v) is 8.08. The van der Waals surface area contributed by atoms with Gasteiger partial charge in [0.25, 0.3) is 5.91 Å². The summed E-state index contributed by atoms with van der Waals surface area (Å²) in [5.74, 6) is -0.294. The Bertz CT molecular complexity index is 1460. The summed E-state index contributed by atoms with van der Waals surface area (Å²) in [5.41, 5.74) is 5.70. The Kier molecular flexibility index (Phi) is 5.25. The van der Waals surface area contributed by atoms with E-state index in [4.69, 9.17) is 11.6 Å². The first-order chi connectivity index (χ1) is 15.5. The lowest BCUT2D eigenvalue weighted by Crippen LogP contribution is -2.24. The third-order valence-corrected chi connectivity index (χ3v) is 5.49. The molecule has 2 N–H and O–H groups in total. The predicted molar refractivity (Wildman–Crippen MR) is 124 cm³/mol. The smallest absolute Gasteiger partial charge is 0.271 e. The molecule has 4 heterocycles. The lowest BCUT2D eigenvalue weighted by atomic mass is 10.1. The Morgan fingerprint density at radius 1 is 1.06 bits per heavy atom. The highest BCUT2D eigenvalue weighted by Gasteiger charge is 2.11. The van der Waals surface area contributed by atoms with Crippen LogP contribution in [0.4, 0.5) is 0 Å². The van der Waals surface area contributed by atoms with Crippen molar-refractivity contribution in [1.82, 2.24) is 30.2 Å². The number of benzene rings is 1. The second kappa shape index (κ2) is 8.36. The zero-order valence-electron chi connectivity index (χ0n) is 17.3. The molecular weight excluding hydrogens is 424 g/mol. The molecule has 0 unspecified atom stereocenters. The summed E-state index contributed by atoms with van der Waals surface area (Å²) < 4.78 is 0. The zero-order chi connectivity index (χ0) is 22.1. The minimum Gasteiger partial charge on any atom is -0.347 e. The number of rotatable bonds is 5. The third-order valence-electron chi connectivity index (χ3n) is 5.18. The molecule has 0 fully saturated rings. The van der Waals surface area contributed by atoms with Crippen LogP contribution < -0.4 is 5.32 Å². The van der Waals surface area contributed by atoms with Crippen molar-refractivity contribution < 1.29 is 4.79 Å². The maximum Gasteiger partial charge on any atom is 0.271 e. The summed E-state index contributed by atoms with van der Waals surface area (Å²) in [7, 11) is 0. The number of aromatic amines is 1. The molecule has 0 spiro atoms. The standard InChI is InChI=1S/C24H19ClN6O/c1-14-4-17-5-15(2-3-21(17)27-8-14)6-18-11-26-13-22(31-18)24(32)30-10-16-7-19-20(25)12-29-23(19)28-9-16/h2-5,7-9,11-13H,6,10H2,1H3,(H,28,29)(H,30,32). The molecule has 5 rings (SSSR count). The van der Waals surface area contributed by atoms with Gasteiger partial charge in [0, 0.05) is 48.5 Å². The Morgan fingerprint density at radius 2 is 1.97 bits per heavy atom. The minimum atomic E-state index is -0.294. The molecule has 8 heteroatoms. The fourth-order valence-corrected chi connectivity index (χ4v) is 3.79. The maximum atomic E-state index is 12.6. The molecule has 7 nitrogen and oxygen atoms in total. The Hall–Kier alpha value is -3.84. The molecule has 1 amide bonds. The van der Waals surface area contributed by atoms with Crippen molar-refractivity contribution in [3.8, 4) is 0 Å². The van der Waals surface area contributed by atoms with E-state index in [-0.39, 0.29) is 11.6 Å². The van der Waals surface area contributed by atoms with Crippen molar-refractivity contribution in [1.29, 1.82) is 0 Å². The Labute approximate surface area is 188 Å². The van der Waals surface area contributed by atoms with Gasteiger partial charge >= 0.3 is 0 Å². The first-order valence-corrected chi connectivity index (χ1v) is 10.5. The number of aryl methyl sites for hydroxylation is 1. The molecule has 0 saturated heterocycles. The molecule has 0 aliphatic carbocycles. The van der Waals surface area contributed by atoms with Crippen molar-refractivity contribution in [2.75, 3.05) is 0 Å². The van der Waals surface area contributed by atoms with Crippen LogP contribution in [0.25, 0.3) is 21.9 Å². The summed E-state index contributed by atoms with van der Waals surface area (Å²) in [5, 5.41) is 5.37. The van der Waals surface area contributed by atoms with Gasteiger partial charge in [-0.05, 0) is 47.9 Å². The molecule has 5 aromatic rings. The van der Waals surface area contributed by atoms with Gasteiger partial charge in [-0.1, -0.05) is 17.7 Å². The molecule has 1 aromatic carbocycles. The maximum absolute atomic E-state index is 12.6. The quantitative estimate of drug-likeness (QED) is 0.421. The first kappa shape index (κ1) is 20.1. The first-order valence-electron chi connectivity index (χ1n) is 10.1. The van der Waals surface area contributed by atoms with Crippen LogP contribution in [-0.4, -0.2) is 30.8 Å². The topological polar surface area (TPSA) is 96.5 Å². The summed E-state index contributed by atoms with van der Waals surface area (Å²) in [4.78, 5) is 33.1. The highest BCUT2D eigenvalue weighted by Crippen LogP contribution is 2.22. The van der Waals surface area contributed by atoms with Gasteiger partial charge in [0.15, 0.2) is 0 Å². The molecule has 0 aliphatic rings. The van der Waals surface area contributed by atoms with Crippen LogP contribution in [-0.2, 0) is 13.0 Å². The van der Waals surface area contributed by atoms with E-state index in [1.165, 1.54) is 6.20 Å². The molecule has 0 radical (unpaired) electrons. The lowest BCUT2D eigenvalue weighted by Gasteiger charge is -2.07. The van der Waals surface area contributed by atoms with E-state index in [1.54, 1.807) is 18.6 Å². The van der Waals surface area contributed by atoms with Gasteiger partial charge in [0.2, 0.25) is 0 Å². The van der Waals surface area contributed by atoms with E-state index in [0.717, 1.165) is 38.7 Å². The minimum absolute atomic E-state index is 0.273. The van der Waals surface area contributed by atoms with Crippen LogP contribution in [0.1, 0.15) is 32.9 Å².